The van der Waals surface area contributed by atoms with E-state index in [1.165, 1.54) is 6.07 Å². The van der Waals surface area contributed by atoms with Gasteiger partial charge in [-0.1, -0.05) is 0 Å². The number of alkyl halides is 3. The zero-order valence-corrected chi connectivity index (χ0v) is 19.5. The number of hydrogen-bond donors (Lipinski definition) is 0. The van der Waals surface area contributed by atoms with E-state index >= 15 is 0 Å². The fourth-order valence-corrected chi connectivity index (χ4v) is 6.70. The van der Waals surface area contributed by atoms with Gasteiger partial charge in [0.1, 0.15) is 5.82 Å². The fraction of sp³-hybridized carbons (Fsp3) is 0.250. The number of benzene rings is 2. The second kappa shape index (κ2) is 8.31. The van der Waals surface area contributed by atoms with E-state index in [9.17, 15) is 44.0 Å². The van der Waals surface area contributed by atoms with E-state index in [2.05, 4.69) is 0 Å². The highest BCUT2D eigenvalue weighted by atomic mass is 32.2. The van der Waals surface area contributed by atoms with Gasteiger partial charge in [0.05, 0.1) is 39.8 Å². The van der Waals surface area contributed by atoms with Crippen LogP contribution in [0.4, 0.5) is 28.0 Å². The maximum Gasteiger partial charge on any atom is 0.417 e. The number of hydrogen-bond acceptors (Lipinski definition) is 7. The maximum absolute atomic E-state index is 13.4. The number of sulfonamides is 1. The third-order valence-corrected chi connectivity index (χ3v) is 8.29. The third kappa shape index (κ3) is 4.58. The molecule has 0 radical (unpaired) electrons. The number of urea groups is 1. The van der Waals surface area contributed by atoms with Crippen molar-refractivity contribution in [3.05, 3.63) is 59.4 Å². The van der Waals surface area contributed by atoms with Crippen molar-refractivity contribution in [3.8, 4) is 6.07 Å². The Bertz CT molecular complexity index is 1480. The molecule has 0 aliphatic carbocycles. The minimum absolute atomic E-state index is 0.0190. The van der Waals surface area contributed by atoms with E-state index in [1.54, 1.807) is 0 Å². The van der Waals surface area contributed by atoms with Gasteiger partial charge in [0, 0.05) is 0 Å². The lowest BCUT2D eigenvalue weighted by atomic mass is 10.0. The smallest absolute Gasteiger partial charge is 0.271 e. The average molecular weight is 533 g/mol. The molecule has 1 fully saturated rings. The van der Waals surface area contributed by atoms with Gasteiger partial charge in [0.15, 0.2) is 15.4 Å². The van der Waals surface area contributed by atoms with Gasteiger partial charge in [0.2, 0.25) is 10.0 Å². The maximum atomic E-state index is 13.4. The van der Waals surface area contributed by atoms with Crippen molar-refractivity contribution in [3.63, 3.8) is 0 Å². The second-order valence-corrected chi connectivity index (χ2v) is 11.6. The van der Waals surface area contributed by atoms with Crippen LogP contribution in [-0.4, -0.2) is 50.6 Å². The lowest BCUT2D eigenvalue weighted by Crippen LogP contribution is -2.54. The standard InChI is InChI=1S/C20H15F4N3O6S2/c1-19(11-35(32,33)15-7-4-13(21)5-8-15)17(28)26(18(29)27(19)34(2,30)31)14-6-3-12(10-25)16(9-14)20(22,23)24/h3-9H,11H2,1-2H3/t19-/m0/s1. The molecule has 9 nitrogen and oxygen atoms in total. The molecule has 1 aliphatic heterocycles. The first-order valence-electron chi connectivity index (χ1n) is 9.42. The Balaban J connectivity index is 2.18. The van der Waals surface area contributed by atoms with Crippen LogP contribution in [0.15, 0.2) is 47.4 Å². The Kier molecular flexibility index (Phi) is 6.20. The summed E-state index contributed by atoms with van der Waals surface area (Å²) in [6.45, 7) is 0.837. The zero-order valence-electron chi connectivity index (χ0n) is 17.9. The molecular weight excluding hydrogens is 518 g/mol. The van der Waals surface area contributed by atoms with Gasteiger partial charge in [-0.15, -0.1) is 0 Å². The molecule has 3 rings (SSSR count). The number of imide groups is 1. The van der Waals surface area contributed by atoms with Crippen LogP contribution in [0.25, 0.3) is 0 Å². The molecule has 15 heteroatoms. The monoisotopic (exact) mass is 533 g/mol. The summed E-state index contributed by atoms with van der Waals surface area (Å²) in [5.41, 5.74) is -5.62. The first kappa shape index (κ1) is 26.1. The molecule has 0 spiro atoms. The van der Waals surface area contributed by atoms with Crippen molar-refractivity contribution in [1.82, 2.24) is 4.31 Å². The molecule has 1 aliphatic rings. The van der Waals surface area contributed by atoms with Gasteiger partial charge in [-0.2, -0.15) is 18.4 Å². The minimum atomic E-state index is -5.06. The normalized spacial score (nSPS) is 19.2. The Morgan fingerprint density at radius 2 is 1.60 bits per heavy atom. The average Bonchev–Trinajstić information content (AvgIpc) is 2.91. The molecule has 0 aromatic heterocycles. The minimum Gasteiger partial charge on any atom is -0.271 e. The van der Waals surface area contributed by atoms with Gasteiger partial charge < -0.3 is 0 Å². The molecule has 3 amide bonds. The van der Waals surface area contributed by atoms with Crippen LogP contribution < -0.4 is 4.90 Å². The largest absolute Gasteiger partial charge is 0.417 e. The van der Waals surface area contributed by atoms with Crippen molar-refractivity contribution in [2.45, 2.75) is 23.5 Å². The number of rotatable bonds is 5. The summed E-state index contributed by atoms with van der Waals surface area (Å²) < 4.78 is 104. The SMILES string of the molecule is C[C@]1(CS(=O)(=O)c2ccc(F)cc2)C(=O)N(c2ccc(C#N)c(C(F)(F)F)c2)C(=O)N1S(C)(=O)=O. The van der Waals surface area contributed by atoms with Crippen LogP contribution in [0, 0.1) is 17.1 Å². The number of sulfone groups is 1. The number of halogens is 4. The van der Waals surface area contributed by atoms with E-state index in [0.29, 0.717) is 18.4 Å². The zero-order chi connectivity index (χ0) is 26.6. The molecule has 0 saturated carbocycles. The van der Waals surface area contributed by atoms with Crippen molar-refractivity contribution >= 4 is 37.5 Å². The molecular formula is C20H15F4N3O6S2. The van der Waals surface area contributed by atoms with Gasteiger partial charge >= 0.3 is 12.2 Å². The van der Waals surface area contributed by atoms with Gasteiger partial charge in [-0.05, 0) is 49.4 Å². The number of carbonyl (C=O) groups excluding carboxylic acids is 2. The predicted molar refractivity (Wildman–Crippen MR) is 113 cm³/mol. The van der Waals surface area contributed by atoms with E-state index in [0.717, 1.165) is 37.3 Å². The van der Waals surface area contributed by atoms with Gasteiger partial charge in [0.25, 0.3) is 5.91 Å². The van der Waals surface area contributed by atoms with Crippen LogP contribution in [0.5, 0.6) is 0 Å². The van der Waals surface area contributed by atoms with Crippen LogP contribution in [0.3, 0.4) is 0 Å². The Labute approximate surface area is 197 Å². The first-order chi connectivity index (χ1) is 15.9. The Morgan fingerprint density at radius 3 is 2.09 bits per heavy atom. The van der Waals surface area contributed by atoms with Crippen LogP contribution >= 0.6 is 0 Å². The van der Waals surface area contributed by atoms with E-state index in [4.69, 9.17) is 5.26 Å². The van der Waals surface area contributed by atoms with Crippen LogP contribution in [-0.2, 0) is 30.8 Å². The first-order valence-corrected chi connectivity index (χ1v) is 12.9. The quantitative estimate of drug-likeness (QED) is 0.328. The van der Waals surface area contributed by atoms with Crippen molar-refractivity contribution < 1.29 is 44.0 Å². The summed E-state index contributed by atoms with van der Waals surface area (Å²) >= 11 is 0. The lowest BCUT2D eigenvalue weighted by Gasteiger charge is -2.29. The van der Waals surface area contributed by atoms with Crippen molar-refractivity contribution in [2.24, 2.45) is 0 Å². The summed E-state index contributed by atoms with van der Waals surface area (Å²) in [5.74, 6) is -3.48. The topological polar surface area (TPSA) is 133 Å². The number of nitriles is 1. The second-order valence-electron chi connectivity index (χ2n) is 7.78. The molecule has 1 atom stereocenters. The summed E-state index contributed by atoms with van der Waals surface area (Å²) in [5, 5.41) is 8.95. The highest BCUT2D eigenvalue weighted by Gasteiger charge is 2.60. The molecule has 0 unspecified atom stereocenters. The summed E-state index contributed by atoms with van der Waals surface area (Å²) in [7, 11) is -9.14. The fourth-order valence-electron chi connectivity index (χ4n) is 3.67. The molecule has 35 heavy (non-hydrogen) atoms. The van der Waals surface area contributed by atoms with Gasteiger partial charge in [-0.3, -0.25) is 4.79 Å². The Morgan fingerprint density at radius 1 is 1.03 bits per heavy atom. The third-order valence-electron chi connectivity index (χ3n) is 5.14. The van der Waals surface area contributed by atoms with Crippen molar-refractivity contribution in [1.29, 1.82) is 5.26 Å². The number of anilines is 1. The molecule has 0 bridgehead atoms. The highest BCUT2D eigenvalue weighted by Crippen LogP contribution is 2.39. The molecule has 186 valence electrons. The number of carbonyl (C=O) groups is 2. The summed E-state index contributed by atoms with van der Waals surface area (Å²) in [6, 6.07) is 4.91. The van der Waals surface area contributed by atoms with Crippen LogP contribution in [0.2, 0.25) is 0 Å². The van der Waals surface area contributed by atoms with E-state index in [-0.39, 0.29) is 9.21 Å². The van der Waals surface area contributed by atoms with Crippen LogP contribution in [0.1, 0.15) is 18.1 Å². The van der Waals surface area contributed by atoms with E-state index in [1.807, 2.05) is 0 Å². The molecule has 2 aromatic rings. The molecule has 1 heterocycles. The highest BCUT2D eigenvalue weighted by molar-refractivity contribution is 7.92. The van der Waals surface area contributed by atoms with Gasteiger partial charge in [-0.25, -0.2) is 35.2 Å². The predicted octanol–water partition coefficient (Wildman–Crippen LogP) is 2.68. The molecule has 1 saturated heterocycles. The summed E-state index contributed by atoms with van der Waals surface area (Å²) in [6.07, 6.45) is -4.54. The molecule has 0 N–H and O–H groups in total. The van der Waals surface area contributed by atoms with Crippen molar-refractivity contribution in [2.75, 3.05) is 16.9 Å². The lowest BCUT2D eigenvalue weighted by molar-refractivity contribution is -0.137. The molecule has 2 aromatic carbocycles. The Hall–Kier alpha value is -3.51. The number of nitrogens with zero attached hydrogens (tertiary/aromatic N) is 3. The number of amides is 3. The summed E-state index contributed by atoms with van der Waals surface area (Å²) in [4.78, 5) is 26.0. The van der Waals surface area contributed by atoms with E-state index < -0.39 is 76.8 Å².